The van der Waals surface area contributed by atoms with Gasteiger partial charge in [0.05, 0.1) is 30.5 Å². The van der Waals surface area contributed by atoms with Gasteiger partial charge in [0.2, 0.25) is 0 Å². The number of carbonyl (C=O) groups excluding carboxylic acids is 1. The lowest BCUT2D eigenvalue weighted by Gasteiger charge is -2.32. The van der Waals surface area contributed by atoms with E-state index in [9.17, 15) is 4.79 Å². The molecular formula is C17H17N9O. The zero-order valence-corrected chi connectivity index (χ0v) is 14.9. The number of nitrogens with zero attached hydrogens (tertiary/aromatic N) is 9. The number of aromatic nitrogens is 8. The number of carbonyl (C=O) groups is 1. The summed E-state index contributed by atoms with van der Waals surface area (Å²) in [6, 6.07) is 3.65. The standard InChI is InChI=1S/C17H17N9O/c1-11-8-24(17(27)13-7-18-14-4-3-5-19-26(13)14)10-15-21-22-16(25(11)15)12-6-20-23(2)9-12/h3-7,9,11H,8,10H2,1-2H3/t11-/m0/s1. The first kappa shape index (κ1) is 15.7. The largest absolute Gasteiger partial charge is 0.328 e. The van der Waals surface area contributed by atoms with Gasteiger partial charge in [-0.25, -0.2) is 9.50 Å². The maximum atomic E-state index is 13.1. The molecular weight excluding hydrogens is 346 g/mol. The number of imidazole rings is 1. The second kappa shape index (κ2) is 5.73. The van der Waals surface area contributed by atoms with Crippen molar-refractivity contribution in [3.05, 3.63) is 48.4 Å². The molecule has 27 heavy (non-hydrogen) atoms. The zero-order valence-electron chi connectivity index (χ0n) is 14.9. The van der Waals surface area contributed by atoms with E-state index < -0.39 is 0 Å². The fraction of sp³-hybridized carbons (Fsp3) is 0.294. The van der Waals surface area contributed by atoms with Crippen molar-refractivity contribution in [2.75, 3.05) is 6.54 Å². The summed E-state index contributed by atoms with van der Waals surface area (Å²) in [7, 11) is 1.87. The van der Waals surface area contributed by atoms with Gasteiger partial charge in [-0.3, -0.25) is 9.48 Å². The van der Waals surface area contributed by atoms with E-state index in [4.69, 9.17) is 0 Å². The summed E-state index contributed by atoms with van der Waals surface area (Å²) in [5, 5.41) is 17.1. The minimum absolute atomic E-state index is 0.0371. The molecule has 1 amide bonds. The Morgan fingerprint density at radius 2 is 2.11 bits per heavy atom. The summed E-state index contributed by atoms with van der Waals surface area (Å²) < 4.78 is 5.37. The van der Waals surface area contributed by atoms with Gasteiger partial charge in [0.15, 0.2) is 23.0 Å². The molecule has 0 aliphatic carbocycles. The molecule has 0 radical (unpaired) electrons. The summed E-state index contributed by atoms with van der Waals surface area (Å²) in [5.74, 6) is 1.40. The molecule has 0 fully saturated rings. The lowest BCUT2D eigenvalue weighted by molar-refractivity contribution is 0.0673. The first-order valence-electron chi connectivity index (χ1n) is 8.62. The molecule has 136 valence electrons. The van der Waals surface area contributed by atoms with E-state index in [2.05, 4.69) is 36.9 Å². The molecule has 0 spiro atoms. The predicted molar refractivity (Wildman–Crippen MR) is 94.7 cm³/mol. The number of hydrogen-bond acceptors (Lipinski definition) is 6. The van der Waals surface area contributed by atoms with Crippen LogP contribution in [-0.2, 0) is 13.6 Å². The van der Waals surface area contributed by atoms with Crippen LogP contribution in [0.1, 0.15) is 29.3 Å². The van der Waals surface area contributed by atoms with Gasteiger partial charge >= 0.3 is 0 Å². The van der Waals surface area contributed by atoms with E-state index in [0.717, 1.165) is 17.2 Å². The third kappa shape index (κ3) is 2.40. The van der Waals surface area contributed by atoms with Crippen molar-refractivity contribution in [3.8, 4) is 11.4 Å². The Balaban J connectivity index is 1.48. The normalized spacial score (nSPS) is 16.7. The summed E-state index contributed by atoms with van der Waals surface area (Å²) >= 11 is 0. The van der Waals surface area contributed by atoms with Crippen LogP contribution in [0, 0.1) is 0 Å². The van der Waals surface area contributed by atoms with Crippen LogP contribution < -0.4 is 0 Å². The van der Waals surface area contributed by atoms with Gasteiger partial charge in [-0.1, -0.05) is 0 Å². The van der Waals surface area contributed by atoms with E-state index in [1.165, 1.54) is 0 Å². The van der Waals surface area contributed by atoms with Gasteiger partial charge < -0.3 is 9.47 Å². The van der Waals surface area contributed by atoms with Gasteiger partial charge in [-0.2, -0.15) is 10.2 Å². The highest BCUT2D eigenvalue weighted by atomic mass is 16.2. The molecule has 1 aliphatic rings. The quantitative estimate of drug-likeness (QED) is 0.525. The first-order valence-corrected chi connectivity index (χ1v) is 8.62. The summed E-state index contributed by atoms with van der Waals surface area (Å²) in [5.41, 5.74) is 2.00. The molecule has 10 heteroatoms. The Morgan fingerprint density at radius 3 is 2.93 bits per heavy atom. The summed E-state index contributed by atoms with van der Waals surface area (Å²) in [6.07, 6.45) is 6.88. The van der Waals surface area contributed by atoms with Crippen molar-refractivity contribution in [3.63, 3.8) is 0 Å². The van der Waals surface area contributed by atoms with Gasteiger partial charge in [0.25, 0.3) is 5.91 Å². The molecule has 0 unspecified atom stereocenters. The topological polar surface area (TPSA) is 99.0 Å². The molecule has 0 bridgehead atoms. The number of amides is 1. The van der Waals surface area contributed by atoms with Crippen molar-refractivity contribution in [2.24, 2.45) is 7.05 Å². The van der Waals surface area contributed by atoms with Crippen LogP contribution in [0.4, 0.5) is 0 Å². The molecule has 1 aliphatic heterocycles. The molecule has 0 aromatic carbocycles. The van der Waals surface area contributed by atoms with Crippen LogP contribution in [0.2, 0.25) is 0 Å². The Hall–Kier alpha value is -3.56. The highest BCUT2D eigenvalue weighted by molar-refractivity contribution is 5.93. The molecule has 4 aromatic heterocycles. The van der Waals surface area contributed by atoms with E-state index >= 15 is 0 Å². The minimum atomic E-state index is -0.120. The van der Waals surface area contributed by atoms with Crippen LogP contribution in [0.5, 0.6) is 0 Å². The summed E-state index contributed by atoms with van der Waals surface area (Å²) in [4.78, 5) is 19.1. The van der Waals surface area contributed by atoms with E-state index in [-0.39, 0.29) is 11.9 Å². The molecule has 4 aromatic rings. The number of fused-ring (bicyclic) bond motifs is 2. The van der Waals surface area contributed by atoms with Crippen LogP contribution in [0.25, 0.3) is 17.0 Å². The minimum Gasteiger partial charge on any atom is -0.328 e. The summed E-state index contributed by atoms with van der Waals surface area (Å²) in [6.45, 7) is 2.99. The predicted octanol–water partition coefficient (Wildman–Crippen LogP) is 0.938. The van der Waals surface area contributed by atoms with Crippen LogP contribution in [-0.4, -0.2) is 56.5 Å². The highest BCUT2D eigenvalue weighted by Crippen LogP contribution is 2.27. The Bertz CT molecular complexity index is 1150. The maximum absolute atomic E-state index is 13.1. The molecule has 0 N–H and O–H groups in total. The second-order valence-electron chi connectivity index (χ2n) is 6.68. The van der Waals surface area contributed by atoms with Crippen LogP contribution >= 0.6 is 0 Å². The van der Waals surface area contributed by atoms with Crippen LogP contribution in [0.15, 0.2) is 36.9 Å². The number of aryl methyl sites for hydroxylation is 1. The molecule has 1 atom stereocenters. The Kier molecular flexibility index (Phi) is 3.33. The number of hydrogen-bond donors (Lipinski definition) is 0. The van der Waals surface area contributed by atoms with Gasteiger partial charge in [0, 0.05) is 26.0 Å². The fourth-order valence-electron chi connectivity index (χ4n) is 3.56. The first-order chi connectivity index (χ1) is 13.1. The maximum Gasteiger partial charge on any atom is 0.274 e. The number of rotatable bonds is 2. The van der Waals surface area contributed by atoms with Crippen molar-refractivity contribution < 1.29 is 4.79 Å². The van der Waals surface area contributed by atoms with E-state index in [1.54, 1.807) is 38.8 Å². The smallest absolute Gasteiger partial charge is 0.274 e. The molecule has 5 rings (SSSR count). The molecule has 5 heterocycles. The average Bonchev–Trinajstić information content (AvgIpc) is 3.38. The highest BCUT2D eigenvalue weighted by Gasteiger charge is 2.31. The third-order valence-corrected chi connectivity index (χ3v) is 4.77. The molecule has 10 nitrogen and oxygen atoms in total. The molecule has 0 saturated heterocycles. The Morgan fingerprint density at radius 1 is 1.22 bits per heavy atom. The monoisotopic (exact) mass is 363 g/mol. The van der Waals surface area contributed by atoms with Gasteiger partial charge in [-0.15, -0.1) is 10.2 Å². The van der Waals surface area contributed by atoms with Crippen molar-refractivity contribution >= 4 is 11.6 Å². The van der Waals surface area contributed by atoms with Gasteiger partial charge in [-0.05, 0) is 19.1 Å². The van der Waals surface area contributed by atoms with E-state index in [1.807, 2.05) is 19.3 Å². The fourth-order valence-corrected chi connectivity index (χ4v) is 3.56. The second-order valence-corrected chi connectivity index (χ2v) is 6.68. The molecule has 0 saturated carbocycles. The lowest BCUT2D eigenvalue weighted by atomic mass is 10.2. The van der Waals surface area contributed by atoms with Crippen LogP contribution in [0.3, 0.4) is 0 Å². The van der Waals surface area contributed by atoms with Crippen molar-refractivity contribution in [1.29, 1.82) is 0 Å². The van der Waals surface area contributed by atoms with Gasteiger partial charge in [0.1, 0.15) is 0 Å². The third-order valence-electron chi connectivity index (χ3n) is 4.77. The Labute approximate surface area is 154 Å². The van der Waals surface area contributed by atoms with Crippen molar-refractivity contribution in [2.45, 2.75) is 19.5 Å². The lowest BCUT2D eigenvalue weighted by Crippen LogP contribution is -2.41. The van der Waals surface area contributed by atoms with Crippen molar-refractivity contribution in [1.82, 2.24) is 44.0 Å². The SMILES string of the molecule is C[C@H]1CN(C(=O)c2cnc3cccnn23)Cc2nnc(-c3cnn(C)c3)n21. The zero-order chi connectivity index (χ0) is 18.5. The average molecular weight is 363 g/mol. The van der Waals surface area contributed by atoms with E-state index in [0.29, 0.717) is 24.4 Å².